The Balaban J connectivity index is 1.79. The fraction of sp³-hybridized carbons (Fsp3) is 0.200. The Hall–Kier alpha value is -3.36. The fourth-order valence-corrected chi connectivity index (χ4v) is 2.58. The molecule has 0 bridgehead atoms. The fourth-order valence-electron chi connectivity index (χ4n) is 2.58. The Morgan fingerprint density at radius 3 is 2.52 bits per heavy atom. The van der Waals surface area contributed by atoms with E-state index in [-0.39, 0.29) is 22.6 Å². The number of hydrogen-bond donors (Lipinski definition) is 1. The molecule has 0 unspecified atom stereocenters. The first-order valence-electron chi connectivity index (χ1n) is 8.47. The SMILES string of the molecule is Cc1nn(-c2ccc(OC(F)F)cc2)[c]c1C(=O)Nc1cccc(C(C)(F)F)c1. The highest BCUT2D eigenvalue weighted by atomic mass is 19.3. The number of aryl methyl sites for hydroxylation is 1. The molecule has 29 heavy (non-hydrogen) atoms. The van der Waals surface area contributed by atoms with Crippen molar-refractivity contribution in [3.8, 4) is 11.4 Å². The maximum atomic E-state index is 13.5. The van der Waals surface area contributed by atoms with Crippen LogP contribution in [0.25, 0.3) is 5.69 Å². The summed E-state index contributed by atoms with van der Waals surface area (Å²) in [6.07, 6.45) is 2.78. The smallest absolute Gasteiger partial charge is 0.387 e. The first-order chi connectivity index (χ1) is 13.6. The number of alkyl halides is 4. The van der Waals surface area contributed by atoms with E-state index in [0.29, 0.717) is 11.4 Å². The molecule has 0 aliphatic rings. The summed E-state index contributed by atoms with van der Waals surface area (Å²) >= 11 is 0. The highest BCUT2D eigenvalue weighted by Crippen LogP contribution is 2.28. The van der Waals surface area contributed by atoms with Crippen molar-refractivity contribution in [1.29, 1.82) is 0 Å². The van der Waals surface area contributed by atoms with Crippen molar-refractivity contribution in [2.24, 2.45) is 0 Å². The van der Waals surface area contributed by atoms with Crippen molar-refractivity contribution >= 4 is 11.6 Å². The summed E-state index contributed by atoms with van der Waals surface area (Å²) in [5.74, 6) is -3.62. The van der Waals surface area contributed by atoms with Crippen molar-refractivity contribution in [2.45, 2.75) is 26.4 Å². The van der Waals surface area contributed by atoms with Crippen LogP contribution in [-0.2, 0) is 5.92 Å². The molecule has 2 aromatic carbocycles. The van der Waals surface area contributed by atoms with Crippen molar-refractivity contribution in [1.82, 2.24) is 9.78 Å². The van der Waals surface area contributed by atoms with E-state index >= 15 is 0 Å². The average Bonchev–Trinajstić information content (AvgIpc) is 3.03. The van der Waals surface area contributed by atoms with E-state index in [1.165, 1.54) is 53.2 Å². The molecule has 1 radical (unpaired) electrons. The molecule has 0 aliphatic carbocycles. The normalized spacial score (nSPS) is 11.6. The van der Waals surface area contributed by atoms with Crippen LogP contribution in [0.15, 0.2) is 48.5 Å². The third-order valence-corrected chi connectivity index (χ3v) is 3.99. The van der Waals surface area contributed by atoms with Gasteiger partial charge in [-0.2, -0.15) is 13.9 Å². The van der Waals surface area contributed by atoms with Gasteiger partial charge < -0.3 is 10.1 Å². The summed E-state index contributed by atoms with van der Waals surface area (Å²) in [5.41, 5.74) is 0.932. The van der Waals surface area contributed by atoms with Crippen LogP contribution in [0.3, 0.4) is 0 Å². The number of anilines is 1. The van der Waals surface area contributed by atoms with E-state index in [1.807, 2.05) is 0 Å². The lowest BCUT2D eigenvalue weighted by atomic mass is 10.1. The summed E-state index contributed by atoms with van der Waals surface area (Å²) in [5, 5.41) is 6.73. The molecule has 0 spiro atoms. The van der Waals surface area contributed by atoms with E-state index in [2.05, 4.69) is 21.3 Å². The van der Waals surface area contributed by atoms with Crippen molar-refractivity contribution in [2.75, 3.05) is 5.32 Å². The van der Waals surface area contributed by atoms with Crippen molar-refractivity contribution in [3.63, 3.8) is 0 Å². The number of amides is 1. The molecule has 0 aliphatic heterocycles. The zero-order chi connectivity index (χ0) is 21.2. The van der Waals surface area contributed by atoms with Gasteiger partial charge in [-0.25, -0.2) is 13.5 Å². The van der Waals surface area contributed by atoms with Crippen LogP contribution < -0.4 is 10.1 Å². The minimum Gasteiger partial charge on any atom is -0.435 e. The lowest BCUT2D eigenvalue weighted by Gasteiger charge is -2.12. The molecule has 1 N–H and O–H groups in total. The summed E-state index contributed by atoms with van der Waals surface area (Å²) in [6.45, 7) is -0.568. The first-order valence-corrected chi connectivity index (χ1v) is 8.47. The van der Waals surface area contributed by atoms with Gasteiger partial charge in [0.1, 0.15) is 11.9 Å². The number of hydrogen-bond acceptors (Lipinski definition) is 3. The molecule has 1 amide bonds. The van der Waals surface area contributed by atoms with Crippen molar-refractivity contribution < 1.29 is 27.1 Å². The topological polar surface area (TPSA) is 56.2 Å². The summed E-state index contributed by atoms with van der Waals surface area (Å²) in [4.78, 5) is 12.5. The molecule has 0 fully saturated rings. The second-order valence-electron chi connectivity index (χ2n) is 6.28. The Bertz CT molecular complexity index is 1010. The number of carbonyl (C=O) groups is 1. The monoisotopic (exact) mass is 406 g/mol. The predicted octanol–water partition coefficient (Wildman–Crippen LogP) is 4.95. The maximum absolute atomic E-state index is 13.5. The molecule has 1 heterocycles. The second kappa shape index (κ2) is 7.94. The zero-order valence-corrected chi connectivity index (χ0v) is 15.4. The van der Waals surface area contributed by atoms with Gasteiger partial charge in [-0.1, -0.05) is 12.1 Å². The largest absolute Gasteiger partial charge is 0.435 e. The molecule has 3 aromatic rings. The number of benzene rings is 2. The maximum Gasteiger partial charge on any atom is 0.387 e. The summed E-state index contributed by atoms with van der Waals surface area (Å²) in [6, 6.07) is 11.0. The minimum absolute atomic E-state index is 0.0156. The Morgan fingerprint density at radius 2 is 1.90 bits per heavy atom. The minimum atomic E-state index is -3.03. The predicted molar refractivity (Wildman–Crippen MR) is 97.7 cm³/mol. The molecular weight excluding hydrogens is 390 g/mol. The number of rotatable bonds is 6. The molecule has 5 nitrogen and oxygen atoms in total. The van der Waals surface area contributed by atoms with Gasteiger partial charge >= 0.3 is 6.61 Å². The molecule has 0 atom stereocenters. The second-order valence-corrected chi connectivity index (χ2v) is 6.28. The third-order valence-electron chi connectivity index (χ3n) is 3.99. The Labute approximate surface area is 163 Å². The van der Waals surface area contributed by atoms with Gasteiger partial charge in [-0.05, 0) is 43.3 Å². The van der Waals surface area contributed by atoms with Crippen LogP contribution in [0.1, 0.15) is 28.5 Å². The van der Waals surface area contributed by atoms with Gasteiger partial charge in [0.05, 0.1) is 16.9 Å². The van der Waals surface area contributed by atoms with Gasteiger partial charge in [-0.3, -0.25) is 4.79 Å². The van der Waals surface area contributed by atoms with Gasteiger partial charge in [-0.15, -0.1) is 0 Å². The molecule has 0 saturated carbocycles. The number of halogens is 4. The van der Waals surface area contributed by atoms with Gasteiger partial charge in [0.15, 0.2) is 0 Å². The summed E-state index contributed by atoms with van der Waals surface area (Å²) < 4.78 is 56.9. The van der Waals surface area contributed by atoms with Gasteiger partial charge in [0.2, 0.25) is 0 Å². The lowest BCUT2D eigenvalue weighted by molar-refractivity contribution is -0.0498. The Kier molecular flexibility index (Phi) is 5.58. The quantitative estimate of drug-likeness (QED) is 0.590. The molecule has 3 rings (SSSR count). The van der Waals surface area contributed by atoms with E-state index in [4.69, 9.17) is 0 Å². The van der Waals surface area contributed by atoms with Crippen LogP contribution in [-0.4, -0.2) is 22.3 Å². The highest BCUT2D eigenvalue weighted by Gasteiger charge is 2.24. The average molecular weight is 406 g/mol. The molecule has 0 saturated heterocycles. The Morgan fingerprint density at radius 1 is 1.21 bits per heavy atom. The van der Waals surface area contributed by atoms with E-state index in [0.717, 1.165) is 6.92 Å². The molecular formula is C20H16F4N3O2. The molecule has 1 aromatic heterocycles. The van der Waals surface area contributed by atoms with Crippen molar-refractivity contribution in [3.05, 3.63) is 71.5 Å². The molecule has 9 heteroatoms. The third kappa shape index (κ3) is 4.92. The number of aromatic nitrogens is 2. The van der Waals surface area contributed by atoms with E-state index < -0.39 is 18.4 Å². The van der Waals surface area contributed by atoms with E-state index in [1.54, 1.807) is 6.92 Å². The summed E-state index contributed by atoms with van der Waals surface area (Å²) in [7, 11) is 0. The van der Waals surface area contributed by atoms with Gasteiger partial charge in [0, 0.05) is 18.2 Å². The molecule has 151 valence electrons. The van der Waals surface area contributed by atoms with Crippen LogP contribution >= 0.6 is 0 Å². The van der Waals surface area contributed by atoms with Crippen LogP contribution in [0, 0.1) is 13.1 Å². The highest BCUT2D eigenvalue weighted by molar-refractivity contribution is 6.04. The zero-order valence-electron chi connectivity index (χ0n) is 15.4. The first kappa shape index (κ1) is 20.4. The number of nitrogens with zero attached hydrogens (tertiary/aromatic N) is 2. The van der Waals surface area contributed by atoms with Gasteiger partial charge in [0.25, 0.3) is 11.8 Å². The standard InChI is InChI=1S/C20H16F4N3O2/c1-12-17(18(28)25-14-5-3-4-13(10-14)20(2,23)24)11-27(26-12)15-6-8-16(9-7-15)29-19(21)22/h3-10,19H,1-2H3,(H,25,28). The number of carbonyl (C=O) groups excluding carboxylic acids is 1. The van der Waals surface area contributed by atoms with Crippen LogP contribution in [0.5, 0.6) is 5.75 Å². The van der Waals surface area contributed by atoms with Crippen LogP contribution in [0.4, 0.5) is 23.2 Å². The van der Waals surface area contributed by atoms with Crippen LogP contribution in [0.2, 0.25) is 0 Å². The number of ether oxygens (including phenoxy) is 1. The number of nitrogens with one attached hydrogen (secondary N) is 1. The van der Waals surface area contributed by atoms with E-state index in [9.17, 15) is 22.4 Å². The lowest BCUT2D eigenvalue weighted by Crippen LogP contribution is -2.14.